The number of nitrogen functional groups attached to an aromatic ring is 1. The molecule has 1 saturated heterocycles. The molecule has 3 rings (SSSR count). The van der Waals surface area contributed by atoms with Gasteiger partial charge in [-0.15, -0.1) is 0 Å². The summed E-state index contributed by atoms with van der Waals surface area (Å²) in [5, 5.41) is 3.59. The van der Waals surface area contributed by atoms with Crippen LogP contribution in [0.4, 0.5) is 5.69 Å². The lowest BCUT2D eigenvalue weighted by atomic mass is 9.81. The van der Waals surface area contributed by atoms with Gasteiger partial charge < -0.3 is 19.9 Å². The number of carbonyl (C=O) groups excluding carboxylic acids is 2. The number of aromatic nitrogens is 1. The molecule has 7 heteroatoms. The van der Waals surface area contributed by atoms with E-state index < -0.39 is 0 Å². The van der Waals surface area contributed by atoms with E-state index in [9.17, 15) is 9.59 Å². The molecule has 1 amide bonds. The second-order valence-electron chi connectivity index (χ2n) is 6.60. The Kier molecular flexibility index (Phi) is 5.55. The van der Waals surface area contributed by atoms with E-state index in [1.807, 2.05) is 0 Å². The predicted molar refractivity (Wildman–Crippen MR) is 95.4 cm³/mol. The Morgan fingerprint density at radius 3 is 2.88 bits per heavy atom. The van der Waals surface area contributed by atoms with E-state index in [2.05, 4.69) is 12.1 Å². The number of amides is 1. The minimum Gasteiger partial charge on any atom is -0.426 e. The summed E-state index contributed by atoms with van der Waals surface area (Å²) in [6.07, 6.45) is 3.43. The highest BCUT2D eigenvalue weighted by atomic mass is 16.5. The molecule has 2 atom stereocenters. The molecule has 1 fully saturated rings. The zero-order chi connectivity index (χ0) is 18.5. The minimum absolute atomic E-state index is 0.151. The molecule has 1 aromatic heterocycles. The zero-order valence-corrected chi connectivity index (χ0v) is 14.8. The van der Waals surface area contributed by atoms with E-state index in [1.54, 1.807) is 35.2 Å². The van der Waals surface area contributed by atoms with Crippen LogP contribution in [0.25, 0.3) is 0 Å². The Bertz CT molecular complexity index is 760. The Labute approximate surface area is 152 Å². The highest BCUT2D eigenvalue weighted by Crippen LogP contribution is 2.30. The standard InChI is InChI=1S/C19H23N3O4/c1-2-13-12-22(19(24)17-6-8-21-26-17)9-7-14(13)10-18(23)25-16-5-3-4-15(20)11-16/h3-6,8,11,13-14H,2,7,9-10,12,20H2,1H3/t13-,14-/m0/s1. The number of benzene rings is 1. The van der Waals surface area contributed by atoms with Crippen molar-refractivity contribution in [1.82, 2.24) is 10.1 Å². The van der Waals surface area contributed by atoms with Gasteiger partial charge in [-0.25, -0.2) is 0 Å². The van der Waals surface area contributed by atoms with Crippen molar-refractivity contribution in [1.29, 1.82) is 0 Å². The molecule has 0 unspecified atom stereocenters. The van der Waals surface area contributed by atoms with Gasteiger partial charge in [0.15, 0.2) is 0 Å². The van der Waals surface area contributed by atoms with Gasteiger partial charge in [0.1, 0.15) is 5.75 Å². The third kappa shape index (κ3) is 4.22. The summed E-state index contributed by atoms with van der Waals surface area (Å²) in [4.78, 5) is 26.5. The molecule has 138 valence electrons. The van der Waals surface area contributed by atoms with Gasteiger partial charge in [0.2, 0.25) is 5.76 Å². The van der Waals surface area contributed by atoms with Gasteiger partial charge in [0, 0.05) is 37.3 Å². The lowest BCUT2D eigenvalue weighted by molar-refractivity contribution is -0.136. The molecule has 1 aliphatic rings. The van der Waals surface area contributed by atoms with Gasteiger partial charge >= 0.3 is 5.97 Å². The Balaban J connectivity index is 1.57. The molecule has 0 radical (unpaired) electrons. The first-order valence-electron chi connectivity index (χ1n) is 8.83. The lowest BCUT2D eigenvalue weighted by Crippen LogP contribution is -2.44. The number of likely N-dealkylation sites (tertiary alicyclic amines) is 1. The largest absolute Gasteiger partial charge is 0.426 e. The number of hydrogen-bond acceptors (Lipinski definition) is 6. The number of nitrogens with two attached hydrogens (primary N) is 1. The average Bonchev–Trinajstić information content (AvgIpc) is 3.16. The van der Waals surface area contributed by atoms with Crippen LogP contribution in [-0.4, -0.2) is 35.0 Å². The molecule has 1 aromatic carbocycles. The van der Waals surface area contributed by atoms with Crippen LogP contribution in [0.1, 0.15) is 36.7 Å². The summed E-state index contributed by atoms with van der Waals surface area (Å²) in [7, 11) is 0. The van der Waals surface area contributed by atoms with Gasteiger partial charge in [-0.3, -0.25) is 9.59 Å². The second kappa shape index (κ2) is 8.03. The fraction of sp³-hybridized carbons (Fsp3) is 0.421. The lowest BCUT2D eigenvalue weighted by Gasteiger charge is -2.37. The number of hydrogen-bond donors (Lipinski definition) is 1. The van der Waals surface area contributed by atoms with E-state index in [0.29, 0.717) is 30.9 Å². The van der Waals surface area contributed by atoms with E-state index in [-0.39, 0.29) is 29.5 Å². The molecule has 0 aliphatic carbocycles. The summed E-state index contributed by atoms with van der Waals surface area (Å²) in [5.41, 5.74) is 6.26. The number of ether oxygens (including phenoxy) is 1. The van der Waals surface area contributed by atoms with Crippen LogP contribution in [0, 0.1) is 11.8 Å². The van der Waals surface area contributed by atoms with Crippen molar-refractivity contribution in [3.05, 3.63) is 42.3 Å². The maximum atomic E-state index is 12.4. The van der Waals surface area contributed by atoms with E-state index in [1.165, 1.54) is 6.20 Å². The second-order valence-corrected chi connectivity index (χ2v) is 6.60. The number of piperidine rings is 1. The number of anilines is 1. The predicted octanol–water partition coefficient (Wildman–Crippen LogP) is 2.74. The Morgan fingerprint density at radius 2 is 2.19 bits per heavy atom. The first kappa shape index (κ1) is 18.0. The van der Waals surface area contributed by atoms with Crippen LogP contribution in [0.2, 0.25) is 0 Å². The smallest absolute Gasteiger partial charge is 0.311 e. The fourth-order valence-electron chi connectivity index (χ4n) is 3.44. The van der Waals surface area contributed by atoms with Crippen LogP contribution in [-0.2, 0) is 4.79 Å². The third-order valence-corrected chi connectivity index (χ3v) is 4.87. The third-order valence-electron chi connectivity index (χ3n) is 4.87. The molecule has 7 nitrogen and oxygen atoms in total. The van der Waals surface area contributed by atoms with Crippen molar-refractivity contribution < 1.29 is 18.8 Å². The normalized spacial score (nSPS) is 20.0. The highest BCUT2D eigenvalue weighted by molar-refractivity contribution is 5.91. The summed E-state index contributed by atoms with van der Waals surface area (Å²) in [6.45, 7) is 3.27. The fourth-order valence-corrected chi connectivity index (χ4v) is 3.44. The molecule has 1 aliphatic heterocycles. The highest BCUT2D eigenvalue weighted by Gasteiger charge is 2.33. The minimum atomic E-state index is -0.269. The van der Waals surface area contributed by atoms with Crippen molar-refractivity contribution in [2.24, 2.45) is 11.8 Å². The number of carbonyl (C=O) groups is 2. The van der Waals surface area contributed by atoms with Crippen LogP contribution in [0.15, 0.2) is 41.1 Å². The summed E-state index contributed by atoms with van der Waals surface area (Å²) in [6, 6.07) is 8.41. The number of esters is 1. The molecule has 0 bridgehead atoms. The molecule has 2 heterocycles. The van der Waals surface area contributed by atoms with Crippen LogP contribution in [0.3, 0.4) is 0 Å². The van der Waals surface area contributed by atoms with Gasteiger partial charge in [-0.05, 0) is 30.4 Å². The van der Waals surface area contributed by atoms with Crippen LogP contribution >= 0.6 is 0 Å². The van der Waals surface area contributed by atoms with Crippen molar-refractivity contribution in [3.8, 4) is 5.75 Å². The Morgan fingerprint density at radius 1 is 1.35 bits per heavy atom. The first-order valence-corrected chi connectivity index (χ1v) is 8.83. The monoisotopic (exact) mass is 357 g/mol. The Hall–Kier alpha value is -2.83. The van der Waals surface area contributed by atoms with Crippen LogP contribution in [0.5, 0.6) is 5.75 Å². The topological polar surface area (TPSA) is 98.7 Å². The summed E-state index contributed by atoms with van der Waals surface area (Å²) < 4.78 is 10.4. The van der Waals surface area contributed by atoms with Crippen molar-refractivity contribution in [3.63, 3.8) is 0 Å². The van der Waals surface area contributed by atoms with Gasteiger partial charge in [0.05, 0.1) is 6.20 Å². The zero-order valence-electron chi connectivity index (χ0n) is 14.8. The van der Waals surface area contributed by atoms with E-state index >= 15 is 0 Å². The van der Waals surface area contributed by atoms with Gasteiger partial charge in [-0.2, -0.15) is 0 Å². The maximum Gasteiger partial charge on any atom is 0.311 e. The quantitative estimate of drug-likeness (QED) is 0.502. The van der Waals surface area contributed by atoms with Crippen molar-refractivity contribution >= 4 is 17.6 Å². The SMILES string of the molecule is CC[C@H]1CN(C(=O)c2ccno2)CC[C@H]1CC(=O)Oc1cccc(N)c1. The van der Waals surface area contributed by atoms with Crippen molar-refractivity contribution in [2.75, 3.05) is 18.8 Å². The van der Waals surface area contributed by atoms with Crippen molar-refractivity contribution in [2.45, 2.75) is 26.2 Å². The van der Waals surface area contributed by atoms with Gasteiger partial charge in [0.25, 0.3) is 5.91 Å². The average molecular weight is 357 g/mol. The molecular formula is C19H23N3O4. The number of rotatable bonds is 5. The molecule has 2 N–H and O–H groups in total. The maximum absolute atomic E-state index is 12.4. The van der Waals surface area contributed by atoms with E-state index in [4.69, 9.17) is 15.0 Å². The first-order chi connectivity index (χ1) is 12.6. The van der Waals surface area contributed by atoms with E-state index in [0.717, 1.165) is 12.8 Å². The van der Waals surface area contributed by atoms with Crippen LogP contribution < -0.4 is 10.5 Å². The number of nitrogens with zero attached hydrogens (tertiary/aromatic N) is 2. The molecule has 0 saturated carbocycles. The summed E-state index contributed by atoms with van der Waals surface area (Å²) in [5.74, 6) is 0.715. The molecule has 26 heavy (non-hydrogen) atoms. The summed E-state index contributed by atoms with van der Waals surface area (Å²) >= 11 is 0. The molecular weight excluding hydrogens is 334 g/mol. The van der Waals surface area contributed by atoms with Gasteiger partial charge in [-0.1, -0.05) is 24.6 Å². The molecule has 0 spiro atoms. The molecule has 2 aromatic rings.